The van der Waals surface area contributed by atoms with Crippen LogP contribution in [0.4, 0.5) is 0 Å². The normalized spacial score (nSPS) is 17.3. The van der Waals surface area contributed by atoms with E-state index in [0.717, 1.165) is 37.7 Å². The van der Waals surface area contributed by atoms with Crippen molar-refractivity contribution < 1.29 is 28.8 Å². The first-order valence-corrected chi connectivity index (χ1v) is 10.5. The highest BCUT2D eigenvalue weighted by atomic mass is 16.7. The van der Waals surface area contributed by atoms with Crippen molar-refractivity contribution in [1.29, 1.82) is 0 Å². The molecule has 0 saturated carbocycles. The molecule has 0 bridgehead atoms. The van der Waals surface area contributed by atoms with E-state index in [1.54, 1.807) is 19.2 Å². The lowest BCUT2D eigenvalue weighted by molar-refractivity contribution is -0.105. The summed E-state index contributed by atoms with van der Waals surface area (Å²) < 4.78 is 22.4. The van der Waals surface area contributed by atoms with E-state index in [1.807, 2.05) is 24.3 Å². The topological polar surface area (TPSA) is 74.2 Å². The van der Waals surface area contributed by atoms with Gasteiger partial charge in [0.25, 0.3) is 0 Å². The van der Waals surface area contributed by atoms with Crippen molar-refractivity contribution in [3.63, 3.8) is 0 Å². The van der Waals surface area contributed by atoms with Gasteiger partial charge in [0.2, 0.25) is 0 Å². The van der Waals surface area contributed by atoms with Crippen LogP contribution >= 0.6 is 0 Å². The number of carbonyl (C=O) groups is 1. The van der Waals surface area contributed by atoms with Crippen LogP contribution in [0.3, 0.4) is 0 Å². The van der Waals surface area contributed by atoms with Gasteiger partial charge in [0.1, 0.15) is 17.2 Å². The van der Waals surface area contributed by atoms with Gasteiger partial charge in [-0.05, 0) is 42.7 Å². The zero-order chi connectivity index (χ0) is 21.3. The van der Waals surface area contributed by atoms with Gasteiger partial charge in [-0.3, -0.25) is 4.79 Å². The van der Waals surface area contributed by atoms with E-state index in [4.69, 9.17) is 18.9 Å². The van der Waals surface area contributed by atoms with Gasteiger partial charge >= 0.3 is 0 Å². The molecule has 0 spiro atoms. The largest absolute Gasteiger partial charge is 0.507 e. The number of ketones is 1. The molecule has 1 fully saturated rings. The van der Waals surface area contributed by atoms with Gasteiger partial charge in [-0.25, -0.2) is 0 Å². The van der Waals surface area contributed by atoms with Crippen LogP contribution in [0.1, 0.15) is 54.9 Å². The van der Waals surface area contributed by atoms with Crippen LogP contribution in [0, 0.1) is 0 Å². The van der Waals surface area contributed by atoms with Crippen molar-refractivity contribution in [2.75, 3.05) is 13.7 Å². The van der Waals surface area contributed by atoms with Crippen LogP contribution in [0.2, 0.25) is 0 Å². The van der Waals surface area contributed by atoms with Crippen LogP contribution in [0.5, 0.6) is 17.2 Å². The zero-order valence-corrected chi connectivity index (χ0v) is 17.6. The number of aromatic hydroxyl groups is 1. The Morgan fingerprint density at radius 3 is 2.57 bits per heavy atom. The maximum absolute atomic E-state index is 12.7. The fourth-order valence-electron chi connectivity index (χ4n) is 3.36. The second-order valence-corrected chi connectivity index (χ2v) is 7.41. The van der Waals surface area contributed by atoms with E-state index < -0.39 is 0 Å². The zero-order valence-electron chi connectivity index (χ0n) is 17.6. The summed E-state index contributed by atoms with van der Waals surface area (Å²) in [6, 6.07) is 12.1. The number of phenolic OH excluding ortho intramolecular Hbond substituents is 1. The van der Waals surface area contributed by atoms with Gasteiger partial charge in [0.15, 0.2) is 18.4 Å². The molecular formula is C24H30O6. The second kappa shape index (κ2) is 11.0. The molecule has 0 amide bonds. The molecule has 6 heteroatoms. The van der Waals surface area contributed by atoms with Crippen LogP contribution in [-0.2, 0) is 15.9 Å². The van der Waals surface area contributed by atoms with E-state index in [0.29, 0.717) is 18.1 Å². The quantitative estimate of drug-likeness (QED) is 0.441. The van der Waals surface area contributed by atoms with E-state index >= 15 is 0 Å². The fraction of sp³-hybridized carbons (Fsp3) is 0.458. The molecule has 6 nitrogen and oxygen atoms in total. The molecule has 1 saturated heterocycles. The number of phenols is 1. The first kappa shape index (κ1) is 22.1. The van der Waals surface area contributed by atoms with Gasteiger partial charge < -0.3 is 24.1 Å². The molecule has 1 aliphatic heterocycles. The highest BCUT2D eigenvalue weighted by Crippen LogP contribution is 2.27. The Morgan fingerprint density at radius 1 is 1.17 bits per heavy atom. The average molecular weight is 414 g/mol. The summed E-state index contributed by atoms with van der Waals surface area (Å²) in [5, 5.41) is 10.3. The summed E-state index contributed by atoms with van der Waals surface area (Å²) in [5.41, 5.74) is 1.11. The monoisotopic (exact) mass is 414 g/mol. The summed E-state index contributed by atoms with van der Waals surface area (Å²) in [4.78, 5) is 12.7. The molecule has 1 N–H and O–H groups in total. The first-order chi connectivity index (χ1) is 14.6. The number of hydrogen-bond donors (Lipinski definition) is 1. The maximum Gasteiger partial charge on any atom is 0.199 e. The second-order valence-electron chi connectivity index (χ2n) is 7.41. The number of ether oxygens (including phenoxy) is 4. The molecule has 1 aliphatic rings. The third-order valence-corrected chi connectivity index (χ3v) is 5.02. The summed E-state index contributed by atoms with van der Waals surface area (Å²) in [7, 11) is 1.62. The molecular weight excluding hydrogens is 384 g/mol. The Kier molecular flexibility index (Phi) is 8.11. The first-order valence-electron chi connectivity index (χ1n) is 10.5. The lowest BCUT2D eigenvalue weighted by Gasteiger charge is -2.23. The SMILES string of the molecule is CCCC(OC)Oc1ccc(CC(=O)c2ccc(OC3CCCCO3)cc2O)cc1. The van der Waals surface area contributed by atoms with Crippen molar-refractivity contribution in [3.8, 4) is 17.2 Å². The van der Waals surface area contributed by atoms with Crippen LogP contribution in [0.15, 0.2) is 42.5 Å². The van der Waals surface area contributed by atoms with Crippen molar-refractivity contribution in [2.45, 2.75) is 58.0 Å². The van der Waals surface area contributed by atoms with E-state index in [2.05, 4.69) is 6.92 Å². The van der Waals surface area contributed by atoms with Crippen molar-refractivity contribution in [1.82, 2.24) is 0 Å². The highest BCUT2D eigenvalue weighted by Gasteiger charge is 2.18. The molecule has 0 aromatic heterocycles. The highest BCUT2D eigenvalue weighted by molar-refractivity contribution is 6.00. The summed E-state index contributed by atoms with van der Waals surface area (Å²) in [6.45, 7) is 2.75. The lowest BCUT2D eigenvalue weighted by Crippen LogP contribution is -2.24. The summed E-state index contributed by atoms with van der Waals surface area (Å²) >= 11 is 0. The van der Waals surface area contributed by atoms with Crippen molar-refractivity contribution in [3.05, 3.63) is 53.6 Å². The summed E-state index contributed by atoms with van der Waals surface area (Å²) in [5.74, 6) is 0.941. The number of rotatable bonds is 10. The van der Waals surface area contributed by atoms with Gasteiger partial charge in [0, 0.05) is 32.4 Å². The van der Waals surface area contributed by atoms with Gasteiger partial charge in [0.05, 0.1) is 12.2 Å². The molecule has 2 atom stereocenters. The maximum atomic E-state index is 12.7. The van der Waals surface area contributed by atoms with E-state index in [9.17, 15) is 9.90 Å². The van der Waals surface area contributed by atoms with E-state index in [1.165, 1.54) is 6.07 Å². The third-order valence-electron chi connectivity index (χ3n) is 5.02. The number of carbonyl (C=O) groups excluding carboxylic acids is 1. The fourth-order valence-corrected chi connectivity index (χ4v) is 3.36. The summed E-state index contributed by atoms with van der Waals surface area (Å²) in [6.07, 6.45) is 4.30. The molecule has 2 aromatic rings. The molecule has 1 heterocycles. The Bertz CT molecular complexity index is 811. The minimum absolute atomic E-state index is 0.0873. The van der Waals surface area contributed by atoms with Crippen LogP contribution in [-0.4, -0.2) is 37.2 Å². The lowest BCUT2D eigenvalue weighted by atomic mass is 10.0. The Balaban J connectivity index is 1.58. The average Bonchev–Trinajstić information content (AvgIpc) is 2.75. The van der Waals surface area contributed by atoms with Crippen LogP contribution < -0.4 is 9.47 Å². The predicted molar refractivity (Wildman–Crippen MR) is 113 cm³/mol. The van der Waals surface area contributed by atoms with E-state index in [-0.39, 0.29) is 36.1 Å². The predicted octanol–water partition coefficient (Wildman–Crippen LogP) is 4.87. The molecule has 162 valence electrons. The van der Waals surface area contributed by atoms with Crippen LogP contribution in [0.25, 0.3) is 0 Å². The molecule has 3 rings (SSSR count). The van der Waals surface area contributed by atoms with Crippen molar-refractivity contribution >= 4 is 5.78 Å². The molecule has 0 radical (unpaired) electrons. The minimum Gasteiger partial charge on any atom is -0.507 e. The minimum atomic E-state index is -0.296. The molecule has 2 unspecified atom stereocenters. The molecule has 0 aliphatic carbocycles. The van der Waals surface area contributed by atoms with Gasteiger partial charge in [-0.15, -0.1) is 0 Å². The molecule has 30 heavy (non-hydrogen) atoms. The third kappa shape index (κ3) is 6.21. The smallest absolute Gasteiger partial charge is 0.199 e. The van der Waals surface area contributed by atoms with Crippen molar-refractivity contribution in [2.24, 2.45) is 0 Å². The number of methoxy groups -OCH3 is 1. The van der Waals surface area contributed by atoms with Gasteiger partial charge in [-0.1, -0.05) is 25.5 Å². The Morgan fingerprint density at radius 2 is 1.93 bits per heavy atom. The Hall–Kier alpha value is -2.57. The number of hydrogen-bond acceptors (Lipinski definition) is 6. The molecule has 2 aromatic carbocycles. The number of benzene rings is 2. The standard InChI is InChI=1S/C24H30O6/c1-3-6-23(27-2)29-18-10-8-17(9-11-18)15-21(25)20-13-12-19(16-22(20)26)30-24-7-4-5-14-28-24/h8-13,16,23-24,26H,3-7,14-15H2,1-2H3. The number of Topliss-reactive ketones (excluding diaryl/α,β-unsaturated/α-hetero) is 1. The van der Waals surface area contributed by atoms with Gasteiger partial charge in [-0.2, -0.15) is 0 Å². The Labute approximate surface area is 177 Å².